The van der Waals surface area contributed by atoms with Crippen LogP contribution < -0.4 is 4.52 Å². The molecule has 10 heteroatoms. The molecule has 0 saturated heterocycles. The lowest BCUT2D eigenvalue weighted by molar-refractivity contribution is -0.141. The second-order valence-electron chi connectivity index (χ2n) is 4.34. The van der Waals surface area contributed by atoms with Gasteiger partial charge in [-0.15, -0.1) is 0 Å². The van der Waals surface area contributed by atoms with E-state index in [9.17, 15) is 13.2 Å². The van der Waals surface area contributed by atoms with E-state index in [0.717, 1.165) is 17.8 Å². The summed E-state index contributed by atoms with van der Waals surface area (Å²) in [6.07, 6.45) is -4.47. The highest BCUT2D eigenvalue weighted by Gasteiger charge is 2.32. The maximum Gasteiger partial charge on any atom is 0.433 e. The summed E-state index contributed by atoms with van der Waals surface area (Å²) < 4.78 is 53.5. The molecule has 1 aromatic carbocycles. The third-order valence-corrected chi connectivity index (χ3v) is 6.12. The Bertz CT molecular complexity index is 733. The zero-order valence-electron chi connectivity index (χ0n) is 12.6. The highest BCUT2D eigenvalue weighted by atomic mass is 32.5. The van der Waals surface area contributed by atoms with E-state index in [1.54, 1.807) is 24.3 Å². The molecule has 24 heavy (non-hydrogen) atoms. The normalized spacial score (nSPS) is 12.2. The van der Waals surface area contributed by atoms with Gasteiger partial charge in [0.1, 0.15) is 16.5 Å². The number of aromatic nitrogens is 1. The van der Waals surface area contributed by atoms with Crippen molar-refractivity contribution in [2.75, 3.05) is 14.2 Å². The Hall–Kier alpha value is -1.12. The minimum Gasteiger partial charge on any atom is -0.424 e. The number of benzene rings is 1. The fourth-order valence-corrected chi connectivity index (χ4v) is 3.34. The van der Waals surface area contributed by atoms with Gasteiger partial charge < -0.3 is 13.6 Å². The Labute approximate surface area is 146 Å². The number of hydrogen-bond donors (Lipinski definition) is 0. The molecule has 130 valence electrons. The van der Waals surface area contributed by atoms with Gasteiger partial charge in [-0.3, -0.25) is 0 Å². The number of rotatable bonds is 6. The molecule has 0 atom stereocenters. The molecule has 0 spiro atoms. The summed E-state index contributed by atoms with van der Waals surface area (Å²) in [5.41, 5.74) is -0.923. The van der Waals surface area contributed by atoms with Crippen LogP contribution in [-0.4, -0.2) is 19.2 Å². The Balaban J connectivity index is 2.11. The van der Waals surface area contributed by atoms with E-state index in [2.05, 4.69) is 4.98 Å². The molecular weight excluding hydrogens is 382 g/mol. The van der Waals surface area contributed by atoms with Crippen molar-refractivity contribution in [2.24, 2.45) is 0 Å². The molecular formula is C14H13F3NO3PS2. The van der Waals surface area contributed by atoms with Crippen LogP contribution in [0.3, 0.4) is 0 Å². The van der Waals surface area contributed by atoms with E-state index in [1.165, 1.54) is 26.4 Å². The molecule has 0 N–H and O–H groups in total. The van der Waals surface area contributed by atoms with Gasteiger partial charge in [-0.2, -0.15) is 13.2 Å². The van der Waals surface area contributed by atoms with E-state index in [4.69, 9.17) is 25.4 Å². The molecule has 1 aromatic heterocycles. The maximum absolute atomic E-state index is 12.7. The lowest BCUT2D eigenvalue weighted by atomic mass is 10.3. The molecule has 0 aliphatic rings. The van der Waals surface area contributed by atoms with Gasteiger partial charge in [0.15, 0.2) is 0 Å². The van der Waals surface area contributed by atoms with Crippen molar-refractivity contribution in [3.63, 3.8) is 0 Å². The highest BCUT2D eigenvalue weighted by molar-refractivity contribution is 8.07. The van der Waals surface area contributed by atoms with Gasteiger partial charge in [0, 0.05) is 30.9 Å². The number of nitrogens with zero attached hydrogens (tertiary/aromatic N) is 1. The summed E-state index contributed by atoms with van der Waals surface area (Å²) >= 11 is 6.21. The number of alkyl halides is 3. The third kappa shape index (κ3) is 5.19. The van der Waals surface area contributed by atoms with Crippen LogP contribution >= 0.6 is 18.5 Å². The molecule has 0 radical (unpaired) electrons. The molecule has 2 rings (SSSR count). The summed E-state index contributed by atoms with van der Waals surface area (Å²) in [6.45, 7) is -2.82. The number of pyridine rings is 1. The van der Waals surface area contributed by atoms with Gasteiger partial charge >= 0.3 is 12.9 Å². The summed E-state index contributed by atoms with van der Waals surface area (Å²) in [7, 11) is 2.79. The molecule has 2 aromatic rings. The van der Waals surface area contributed by atoms with E-state index in [0.29, 0.717) is 10.6 Å². The predicted molar refractivity (Wildman–Crippen MR) is 88.7 cm³/mol. The first-order chi connectivity index (χ1) is 11.3. The highest BCUT2D eigenvalue weighted by Crippen LogP contribution is 2.48. The first-order valence-electron chi connectivity index (χ1n) is 6.49. The molecule has 0 unspecified atom stereocenters. The summed E-state index contributed by atoms with van der Waals surface area (Å²) in [6, 6.07) is 10.4. The van der Waals surface area contributed by atoms with Crippen LogP contribution in [0.25, 0.3) is 0 Å². The lowest BCUT2D eigenvalue weighted by Crippen LogP contribution is -2.07. The van der Waals surface area contributed by atoms with Crippen molar-refractivity contribution in [3.05, 3.63) is 48.2 Å². The van der Waals surface area contributed by atoms with Crippen molar-refractivity contribution in [2.45, 2.75) is 16.1 Å². The molecule has 0 aliphatic heterocycles. The minimum atomic E-state index is -4.47. The number of halogens is 3. The predicted octanol–water partition coefficient (Wildman–Crippen LogP) is 5.15. The van der Waals surface area contributed by atoms with Crippen LogP contribution in [0.4, 0.5) is 13.2 Å². The Morgan fingerprint density at radius 3 is 2.21 bits per heavy atom. The monoisotopic (exact) mass is 395 g/mol. The van der Waals surface area contributed by atoms with Gasteiger partial charge in [0.25, 0.3) is 0 Å². The topological polar surface area (TPSA) is 40.6 Å². The van der Waals surface area contributed by atoms with Crippen molar-refractivity contribution in [1.29, 1.82) is 0 Å². The van der Waals surface area contributed by atoms with Gasteiger partial charge in [-0.05, 0) is 36.4 Å². The smallest absolute Gasteiger partial charge is 0.424 e. The van der Waals surface area contributed by atoms with Gasteiger partial charge in [-0.25, -0.2) is 4.98 Å². The van der Waals surface area contributed by atoms with E-state index in [1.807, 2.05) is 0 Å². The fraction of sp³-hybridized carbons (Fsp3) is 0.214. The number of hydrogen-bond acceptors (Lipinski definition) is 6. The largest absolute Gasteiger partial charge is 0.433 e. The third-order valence-electron chi connectivity index (χ3n) is 2.72. The Kier molecular flexibility index (Phi) is 6.28. The molecule has 1 heterocycles. The first-order valence-corrected chi connectivity index (χ1v) is 9.86. The molecule has 0 aliphatic carbocycles. The Morgan fingerprint density at radius 2 is 1.67 bits per heavy atom. The molecule has 0 amide bonds. The molecule has 0 saturated carbocycles. The average Bonchev–Trinajstić information content (AvgIpc) is 2.56. The van der Waals surface area contributed by atoms with Gasteiger partial charge in [-0.1, -0.05) is 17.8 Å². The van der Waals surface area contributed by atoms with Crippen molar-refractivity contribution >= 4 is 30.3 Å². The fourth-order valence-electron chi connectivity index (χ4n) is 1.60. The van der Waals surface area contributed by atoms with Crippen LogP contribution in [0.2, 0.25) is 0 Å². The van der Waals surface area contributed by atoms with Crippen LogP contribution in [0.15, 0.2) is 52.4 Å². The van der Waals surface area contributed by atoms with Crippen molar-refractivity contribution < 1.29 is 26.7 Å². The quantitative estimate of drug-likeness (QED) is 0.631. The SMILES string of the molecule is COP(=S)(OC)Oc1ccc(Sc2cccc(C(F)(F)F)n2)cc1. The second kappa shape index (κ2) is 7.84. The van der Waals surface area contributed by atoms with Crippen LogP contribution in [-0.2, 0) is 27.0 Å². The zero-order valence-corrected chi connectivity index (χ0v) is 15.1. The van der Waals surface area contributed by atoms with Crippen molar-refractivity contribution in [1.82, 2.24) is 4.98 Å². The molecule has 0 fully saturated rings. The van der Waals surface area contributed by atoms with Crippen LogP contribution in [0.1, 0.15) is 5.69 Å². The zero-order chi connectivity index (χ0) is 17.8. The average molecular weight is 395 g/mol. The standard InChI is InChI=1S/C14H13F3NO3PS2/c1-19-22(23,20-2)21-10-6-8-11(9-7-10)24-13-5-3-4-12(18-13)14(15,16)17/h3-9H,1-2H3. The van der Waals surface area contributed by atoms with E-state index < -0.39 is 18.6 Å². The first kappa shape index (κ1) is 19.2. The summed E-state index contributed by atoms with van der Waals surface area (Å²) in [5.74, 6) is 0.448. The van der Waals surface area contributed by atoms with Crippen molar-refractivity contribution in [3.8, 4) is 5.75 Å². The summed E-state index contributed by atoms with van der Waals surface area (Å²) in [5, 5.41) is 0.248. The minimum absolute atomic E-state index is 0.248. The second-order valence-corrected chi connectivity index (χ2v) is 8.58. The van der Waals surface area contributed by atoms with Crippen LogP contribution in [0, 0.1) is 0 Å². The van der Waals surface area contributed by atoms with E-state index in [-0.39, 0.29) is 5.03 Å². The van der Waals surface area contributed by atoms with Crippen LogP contribution in [0.5, 0.6) is 5.75 Å². The van der Waals surface area contributed by atoms with E-state index >= 15 is 0 Å². The maximum atomic E-state index is 12.7. The summed E-state index contributed by atoms with van der Waals surface area (Å²) in [4.78, 5) is 4.31. The van der Waals surface area contributed by atoms with Gasteiger partial charge in [0.2, 0.25) is 0 Å². The lowest BCUT2D eigenvalue weighted by Gasteiger charge is -2.18. The Morgan fingerprint density at radius 1 is 1.04 bits per heavy atom. The molecule has 0 bridgehead atoms. The van der Waals surface area contributed by atoms with Gasteiger partial charge in [0.05, 0.1) is 0 Å². The molecule has 4 nitrogen and oxygen atoms in total.